The maximum Gasteiger partial charge on any atom is 0.356 e. The summed E-state index contributed by atoms with van der Waals surface area (Å²) in [6.07, 6.45) is 3.92. The molecular formula is C21H27N5O3. The third-order valence-corrected chi connectivity index (χ3v) is 5.73. The van der Waals surface area contributed by atoms with E-state index in [0.717, 1.165) is 37.4 Å². The summed E-state index contributed by atoms with van der Waals surface area (Å²) in [4.78, 5) is 30.1. The molecule has 1 amide bonds. The number of carbonyl (C=O) groups excluding carboxylic acids is 1. The standard InChI is InChI=1S/C21H27N5O3/c1-16-4-5-17(19(14-16)24-7-2-3-8-24)15-23-10-12-25(13-11-23)21(29)26-9-6-18(22-26)20(27)28/h4-6,9,14H,2-3,7-8,10-13,15H2,1H3,(H,27,28). The lowest BCUT2D eigenvalue weighted by Gasteiger charge is -2.35. The highest BCUT2D eigenvalue weighted by molar-refractivity contribution is 5.86. The highest BCUT2D eigenvalue weighted by Crippen LogP contribution is 2.27. The van der Waals surface area contributed by atoms with Gasteiger partial charge in [-0.15, -0.1) is 0 Å². The van der Waals surface area contributed by atoms with Crippen molar-refractivity contribution in [2.75, 3.05) is 44.2 Å². The molecule has 0 radical (unpaired) electrons. The first-order chi connectivity index (χ1) is 14.0. The number of nitrogens with zero attached hydrogens (tertiary/aromatic N) is 5. The first kappa shape index (κ1) is 19.4. The van der Waals surface area contributed by atoms with E-state index >= 15 is 0 Å². The van der Waals surface area contributed by atoms with Crippen LogP contribution in [-0.4, -0.2) is 76.0 Å². The van der Waals surface area contributed by atoms with E-state index in [1.165, 1.54) is 41.9 Å². The number of carboxylic acid groups (broad SMARTS) is 1. The van der Waals surface area contributed by atoms with Crippen LogP contribution in [0.4, 0.5) is 10.5 Å². The summed E-state index contributed by atoms with van der Waals surface area (Å²) in [5.41, 5.74) is 3.85. The maximum absolute atomic E-state index is 12.6. The van der Waals surface area contributed by atoms with Crippen LogP contribution in [-0.2, 0) is 6.54 Å². The maximum atomic E-state index is 12.6. The molecule has 2 aromatic rings. The molecule has 154 valence electrons. The molecule has 3 heterocycles. The topological polar surface area (TPSA) is 81.9 Å². The van der Waals surface area contributed by atoms with E-state index in [1.54, 1.807) is 4.90 Å². The van der Waals surface area contributed by atoms with Crippen LogP contribution >= 0.6 is 0 Å². The third-order valence-electron chi connectivity index (χ3n) is 5.73. The largest absolute Gasteiger partial charge is 0.476 e. The summed E-state index contributed by atoms with van der Waals surface area (Å²) >= 11 is 0. The number of aromatic carboxylic acids is 1. The number of carboxylic acids is 1. The average Bonchev–Trinajstić information content (AvgIpc) is 3.42. The molecule has 0 spiro atoms. The van der Waals surface area contributed by atoms with Gasteiger partial charge in [-0.2, -0.15) is 9.78 Å². The van der Waals surface area contributed by atoms with Crippen molar-refractivity contribution in [3.05, 3.63) is 47.3 Å². The van der Waals surface area contributed by atoms with Gasteiger partial charge in [0, 0.05) is 57.7 Å². The number of amides is 1. The molecule has 2 saturated heterocycles. The molecule has 1 aromatic heterocycles. The lowest BCUT2D eigenvalue weighted by Crippen LogP contribution is -2.49. The van der Waals surface area contributed by atoms with Crippen molar-refractivity contribution >= 4 is 17.7 Å². The monoisotopic (exact) mass is 397 g/mol. The molecule has 29 heavy (non-hydrogen) atoms. The predicted molar refractivity (Wildman–Crippen MR) is 109 cm³/mol. The molecule has 0 unspecified atom stereocenters. The minimum Gasteiger partial charge on any atom is -0.476 e. The van der Waals surface area contributed by atoms with Crippen molar-refractivity contribution in [2.45, 2.75) is 26.3 Å². The van der Waals surface area contributed by atoms with Crippen molar-refractivity contribution in [1.82, 2.24) is 19.6 Å². The van der Waals surface area contributed by atoms with E-state index in [-0.39, 0.29) is 11.7 Å². The fourth-order valence-electron chi connectivity index (χ4n) is 4.09. The molecule has 0 atom stereocenters. The Hall–Kier alpha value is -2.87. The van der Waals surface area contributed by atoms with Crippen LogP contribution < -0.4 is 4.90 Å². The van der Waals surface area contributed by atoms with Gasteiger partial charge in [0.05, 0.1) is 0 Å². The summed E-state index contributed by atoms with van der Waals surface area (Å²) in [7, 11) is 0. The molecule has 2 fully saturated rings. The average molecular weight is 397 g/mol. The first-order valence-corrected chi connectivity index (χ1v) is 10.2. The van der Waals surface area contributed by atoms with Crippen molar-refractivity contribution in [3.63, 3.8) is 0 Å². The number of rotatable bonds is 4. The van der Waals surface area contributed by atoms with Crippen LogP contribution in [0.1, 0.15) is 34.5 Å². The molecule has 1 N–H and O–H groups in total. The van der Waals surface area contributed by atoms with Gasteiger partial charge in [0.1, 0.15) is 0 Å². The Bertz CT molecular complexity index is 895. The first-order valence-electron chi connectivity index (χ1n) is 10.2. The number of benzene rings is 1. The second-order valence-corrected chi connectivity index (χ2v) is 7.82. The van der Waals surface area contributed by atoms with Crippen LogP contribution in [0.2, 0.25) is 0 Å². The lowest BCUT2D eigenvalue weighted by molar-refractivity contribution is 0.0689. The fraction of sp³-hybridized carbons (Fsp3) is 0.476. The molecule has 0 bridgehead atoms. The van der Waals surface area contributed by atoms with Gasteiger partial charge in [0.15, 0.2) is 5.69 Å². The van der Waals surface area contributed by atoms with Crippen LogP contribution in [0, 0.1) is 6.92 Å². The number of piperazine rings is 1. The number of anilines is 1. The van der Waals surface area contributed by atoms with Gasteiger partial charge in [0.2, 0.25) is 0 Å². The molecule has 2 aliphatic rings. The van der Waals surface area contributed by atoms with Crippen LogP contribution in [0.3, 0.4) is 0 Å². The minimum absolute atomic E-state index is 0.120. The summed E-state index contributed by atoms with van der Waals surface area (Å²) < 4.78 is 1.12. The van der Waals surface area contributed by atoms with Gasteiger partial charge in [-0.05, 0) is 43.0 Å². The molecule has 0 aliphatic carbocycles. The molecular weight excluding hydrogens is 370 g/mol. The molecule has 4 rings (SSSR count). The Kier molecular flexibility index (Phi) is 5.53. The zero-order valence-corrected chi connectivity index (χ0v) is 16.8. The van der Waals surface area contributed by atoms with Gasteiger partial charge in [-0.1, -0.05) is 12.1 Å². The van der Waals surface area contributed by atoms with Crippen molar-refractivity contribution in [1.29, 1.82) is 0 Å². The smallest absolute Gasteiger partial charge is 0.356 e. The molecule has 2 aliphatic heterocycles. The summed E-state index contributed by atoms with van der Waals surface area (Å²) in [5.74, 6) is -1.13. The van der Waals surface area contributed by atoms with E-state index in [0.29, 0.717) is 13.1 Å². The molecule has 8 nitrogen and oxygen atoms in total. The van der Waals surface area contributed by atoms with Crippen LogP contribution in [0.25, 0.3) is 0 Å². The van der Waals surface area contributed by atoms with E-state index in [4.69, 9.17) is 5.11 Å². The Labute approximate surface area is 170 Å². The number of aromatic nitrogens is 2. The third kappa shape index (κ3) is 4.27. The number of hydrogen-bond donors (Lipinski definition) is 1. The predicted octanol–water partition coefficient (Wildman–Crippen LogP) is 2.28. The Morgan fingerprint density at radius 2 is 1.76 bits per heavy atom. The zero-order valence-electron chi connectivity index (χ0n) is 16.8. The number of hydrogen-bond acceptors (Lipinski definition) is 5. The quantitative estimate of drug-likeness (QED) is 0.852. The number of aryl methyl sites for hydroxylation is 1. The Balaban J connectivity index is 1.38. The van der Waals surface area contributed by atoms with E-state index in [1.807, 2.05) is 0 Å². The Morgan fingerprint density at radius 3 is 2.41 bits per heavy atom. The number of carbonyl (C=O) groups is 2. The molecule has 0 saturated carbocycles. The summed E-state index contributed by atoms with van der Waals surface area (Å²) in [5, 5.41) is 12.8. The second-order valence-electron chi connectivity index (χ2n) is 7.82. The normalized spacial score (nSPS) is 17.7. The van der Waals surface area contributed by atoms with E-state index in [9.17, 15) is 9.59 Å². The SMILES string of the molecule is Cc1ccc(CN2CCN(C(=O)n3ccc(C(=O)O)n3)CC2)c(N2CCCC2)c1. The van der Waals surface area contributed by atoms with Crippen molar-refractivity contribution in [2.24, 2.45) is 0 Å². The van der Waals surface area contributed by atoms with Gasteiger partial charge >= 0.3 is 12.0 Å². The highest BCUT2D eigenvalue weighted by Gasteiger charge is 2.25. The van der Waals surface area contributed by atoms with Gasteiger partial charge < -0.3 is 14.9 Å². The Morgan fingerprint density at radius 1 is 1.03 bits per heavy atom. The molecule has 1 aromatic carbocycles. The van der Waals surface area contributed by atoms with E-state index in [2.05, 4.69) is 40.0 Å². The van der Waals surface area contributed by atoms with Gasteiger partial charge in [-0.3, -0.25) is 4.90 Å². The fourth-order valence-corrected chi connectivity index (χ4v) is 4.09. The second kappa shape index (κ2) is 8.24. The zero-order chi connectivity index (χ0) is 20.4. The lowest BCUT2D eigenvalue weighted by atomic mass is 10.1. The van der Waals surface area contributed by atoms with Gasteiger partial charge in [0.25, 0.3) is 0 Å². The summed E-state index contributed by atoms with van der Waals surface area (Å²) in [6, 6.07) is 7.76. The summed E-state index contributed by atoms with van der Waals surface area (Å²) in [6.45, 7) is 8.04. The highest BCUT2D eigenvalue weighted by atomic mass is 16.4. The minimum atomic E-state index is -1.13. The van der Waals surface area contributed by atoms with E-state index < -0.39 is 5.97 Å². The van der Waals surface area contributed by atoms with Crippen LogP contribution in [0.5, 0.6) is 0 Å². The van der Waals surface area contributed by atoms with Crippen molar-refractivity contribution in [3.8, 4) is 0 Å². The van der Waals surface area contributed by atoms with Gasteiger partial charge in [-0.25, -0.2) is 9.59 Å². The molecule has 8 heteroatoms. The van der Waals surface area contributed by atoms with Crippen molar-refractivity contribution < 1.29 is 14.7 Å². The van der Waals surface area contributed by atoms with Crippen LogP contribution in [0.15, 0.2) is 30.5 Å².